The van der Waals surface area contributed by atoms with E-state index in [1.807, 2.05) is 65.0 Å². The molecule has 2 rings (SSSR count). The average Bonchev–Trinajstić information content (AvgIpc) is 2.79. The van der Waals surface area contributed by atoms with E-state index in [1.165, 1.54) is 4.90 Å². The normalized spacial score (nSPS) is 12.5. The lowest BCUT2D eigenvalue weighted by Crippen LogP contribution is -2.56. The summed E-state index contributed by atoms with van der Waals surface area (Å²) >= 11 is 0. The van der Waals surface area contributed by atoms with Crippen LogP contribution in [0.15, 0.2) is 54.6 Å². The van der Waals surface area contributed by atoms with Crippen LogP contribution in [0.2, 0.25) is 0 Å². The van der Waals surface area contributed by atoms with Crippen molar-refractivity contribution in [3.8, 4) is 5.75 Å². The number of sulfonamides is 1. The molecule has 0 saturated heterocycles. The highest BCUT2D eigenvalue weighted by Crippen LogP contribution is 2.22. The van der Waals surface area contributed by atoms with Crippen molar-refractivity contribution in [3.05, 3.63) is 60.2 Å². The molecule has 0 heterocycles. The molecule has 0 radical (unpaired) electrons. The Balaban J connectivity index is 2.36. The lowest BCUT2D eigenvalue weighted by atomic mass is 10.1. The van der Waals surface area contributed by atoms with E-state index in [-0.39, 0.29) is 12.5 Å². The van der Waals surface area contributed by atoms with Crippen LogP contribution in [0.1, 0.15) is 46.6 Å². The average molecular weight is 518 g/mol. The van der Waals surface area contributed by atoms with Gasteiger partial charge in [-0.05, 0) is 70.4 Å². The Morgan fingerprint density at radius 2 is 1.61 bits per heavy atom. The molecule has 8 nitrogen and oxygen atoms in total. The second kappa shape index (κ2) is 12.8. The molecule has 0 saturated carbocycles. The highest BCUT2D eigenvalue weighted by Gasteiger charge is 2.32. The summed E-state index contributed by atoms with van der Waals surface area (Å²) in [5.41, 5.74) is 0.900. The van der Waals surface area contributed by atoms with Gasteiger partial charge < -0.3 is 15.0 Å². The molecule has 2 amide bonds. The molecule has 0 aliphatic heterocycles. The maximum Gasteiger partial charge on any atom is 0.244 e. The van der Waals surface area contributed by atoms with Gasteiger partial charge in [0, 0.05) is 12.1 Å². The first-order valence-corrected chi connectivity index (χ1v) is 14.1. The Morgan fingerprint density at radius 3 is 2.11 bits per heavy atom. The van der Waals surface area contributed by atoms with Gasteiger partial charge in [-0.25, -0.2) is 8.42 Å². The van der Waals surface area contributed by atoms with E-state index in [2.05, 4.69) is 5.32 Å². The summed E-state index contributed by atoms with van der Waals surface area (Å²) in [7, 11) is -3.78. The van der Waals surface area contributed by atoms with Crippen molar-refractivity contribution in [2.75, 3.05) is 30.3 Å². The molecule has 0 spiro atoms. The van der Waals surface area contributed by atoms with Crippen molar-refractivity contribution in [2.45, 2.75) is 59.0 Å². The molecule has 2 aromatic rings. The molecule has 1 N–H and O–H groups in total. The van der Waals surface area contributed by atoms with Gasteiger partial charge in [-0.3, -0.25) is 13.9 Å². The van der Waals surface area contributed by atoms with Gasteiger partial charge >= 0.3 is 0 Å². The van der Waals surface area contributed by atoms with Crippen molar-refractivity contribution in [1.29, 1.82) is 0 Å². The second-order valence-corrected chi connectivity index (χ2v) is 11.6. The molecule has 9 heteroatoms. The number of nitrogens with one attached hydrogen (secondary N) is 1. The molecule has 36 heavy (non-hydrogen) atoms. The third kappa shape index (κ3) is 8.86. The number of nitrogens with zero attached hydrogens (tertiary/aromatic N) is 2. The fourth-order valence-corrected chi connectivity index (χ4v) is 4.69. The van der Waals surface area contributed by atoms with Crippen LogP contribution < -0.4 is 14.4 Å². The zero-order valence-electron chi connectivity index (χ0n) is 22.2. The minimum Gasteiger partial charge on any atom is -0.494 e. The van der Waals surface area contributed by atoms with Gasteiger partial charge in [0.05, 0.1) is 18.6 Å². The third-order valence-electron chi connectivity index (χ3n) is 5.48. The summed E-state index contributed by atoms with van der Waals surface area (Å²) in [5.74, 6) is -0.102. The van der Waals surface area contributed by atoms with Crippen LogP contribution in [0.4, 0.5) is 5.69 Å². The van der Waals surface area contributed by atoms with Crippen LogP contribution in [0.25, 0.3) is 0 Å². The van der Waals surface area contributed by atoms with Gasteiger partial charge in [-0.1, -0.05) is 37.3 Å². The van der Waals surface area contributed by atoms with E-state index in [0.717, 1.165) is 16.1 Å². The summed E-state index contributed by atoms with van der Waals surface area (Å²) in [5, 5.41) is 2.96. The first kappa shape index (κ1) is 29.2. The lowest BCUT2D eigenvalue weighted by molar-refractivity contribution is -0.140. The maximum absolute atomic E-state index is 13.6. The molecule has 0 bridgehead atoms. The number of carbonyl (C=O) groups excluding carboxylic acids is 2. The van der Waals surface area contributed by atoms with Crippen LogP contribution in [0, 0.1) is 0 Å². The van der Waals surface area contributed by atoms with Gasteiger partial charge in [0.15, 0.2) is 0 Å². The summed E-state index contributed by atoms with van der Waals surface area (Å²) in [4.78, 5) is 28.3. The van der Waals surface area contributed by atoms with Crippen molar-refractivity contribution in [2.24, 2.45) is 0 Å². The molecule has 0 fully saturated rings. The van der Waals surface area contributed by atoms with Gasteiger partial charge in [0.2, 0.25) is 21.8 Å². The highest BCUT2D eigenvalue weighted by atomic mass is 32.2. The zero-order valence-corrected chi connectivity index (χ0v) is 23.0. The Morgan fingerprint density at radius 1 is 1.00 bits per heavy atom. The molecule has 0 aliphatic rings. The SMILES string of the molecule is CCOc1ccc(N(CC(=O)N(CCc2ccccc2)[C@@H](CC)C(=O)NC(C)(C)C)S(C)(=O)=O)cc1. The minimum absolute atomic E-state index is 0.265. The van der Waals surface area contributed by atoms with E-state index in [9.17, 15) is 18.0 Å². The molecule has 0 unspecified atom stereocenters. The lowest BCUT2D eigenvalue weighted by Gasteiger charge is -2.34. The van der Waals surface area contributed by atoms with Gasteiger partial charge in [-0.2, -0.15) is 0 Å². The molecule has 0 aliphatic carbocycles. The number of anilines is 1. The number of hydrogen-bond acceptors (Lipinski definition) is 5. The van der Waals surface area contributed by atoms with E-state index >= 15 is 0 Å². The summed E-state index contributed by atoms with van der Waals surface area (Å²) in [6.07, 6.45) is 1.99. The fraction of sp³-hybridized carbons (Fsp3) is 0.481. The van der Waals surface area contributed by atoms with Crippen molar-refractivity contribution in [3.63, 3.8) is 0 Å². The Kier molecular flexibility index (Phi) is 10.3. The maximum atomic E-state index is 13.6. The van der Waals surface area contributed by atoms with E-state index in [4.69, 9.17) is 4.74 Å². The summed E-state index contributed by atoms with van der Waals surface area (Å²) < 4.78 is 31.9. The number of rotatable bonds is 12. The van der Waals surface area contributed by atoms with Gasteiger partial charge in [-0.15, -0.1) is 0 Å². The first-order valence-electron chi connectivity index (χ1n) is 12.2. The Hall–Kier alpha value is -3.07. The quantitative estimate of drug-likeness (QED) is 0.464. The second-order valence-electron chi connectivity index (χ2n) is 9.68. The molecule has 0 aromatic heterocycles. The molecule has 198 valence electrons. The first-order chi connectivity index (χ1) is 16.9. The van der Waals surface area contributed by atoms with Crippen LogP contribution >= 0.6 is 0 Å². The van der Waals surface area contributed by atoms with Crippen molar-refractivity contribution in [1.82, 2.24) is 10.2 Å². The molecular weight excluding hydrogens is 478 g/mol. The molecule has 1 atom stereocenters. The molecule has 2 aromatic carbocycles. The third-order valence-corrected chi connectivity index (χ3v) is 6.62. The fourth-order valence-electron chi connectivity index (χ4n) is 3.84. The van der Waals surface area contributed by atoms with E-state index in [0.29, 0.717) is 30.9 Å². The largest absolute Gasteiger partial charge is 0.494 e. The predicted octanol–water partition coefficient (Wildman–Crippen LogP) is 3.62. The standard InChI is InChI=1S/C27H39N3O5S/c1-7-24(26(32)28-27(3,4)5)29(19-18-21-12-10-9-11-13-21)25(31)20-30(36(6,33)34)22-14-16-23(17-15-22)35-8-2/h9-17,24H,7-8,18-20H2,1-6H3,(H,28,32)/t24-/m0/s1. The highest BCUT2D eigenvalue weighted by molar-refractivity contribution is 7.92. The van der Waals surface area contributed by atoms with Crippen LogP contribution in [0.3, 0.4) is 0 Å². The Labute approximate surface area is 215 Å². The summed E-state index contributed by atoms with van der Waals surface area (Å²) in [6, 6.07) is 15.5. The topological polar surface area (TPSA) is 96.0 Å². The summed E-state index contributed by atoms with van der Waals surface area (Å²) in [6.45, 7) is 9.69. The van der Waals surface area contributed by atoms with Gasteiger partial charge in [0.25, 0.3) is 0 Å². The van der Waals surface area contributed by atoms with E-state index < -0.39 is 34.1 Å². The van der Waals surface area contributed by atoms with Gasteiger partial charge in [0.1, 0.15) is 18.3 Å². The van der Waals surface area contributed by atoms with Crippen molar-refractivity contribution >= 4 is 27.5 Å². The number of carbonyl (C=O) groups is 2. The minimum atomic E-state index is -3.78. The number of amides is 2. The molecular formula is C27H39N3O5S. The predicted molar refractivity (Wildman–Crippen MR) is 144 cm³/mol. The Bertz CT molecular complexity index is 1100. The van der Waals surface area contributed by atoms with Crippen molar-refractivity contribution < 1.29 is 22.7 Å². The monoisotopic (exact) mass is 517 g/mol. The van der Waals surface area contributed by atoms with Crippen LogP contribution in [0.5, 0.6) is 5.75 Å². The number of benzene rings is 2. The zero-order chi connectivity index (χ0) is 26.9. The number of hydrogen-bond donors (Lipinski definition) is 1. The van der Waals surface area contributed by atoms with Crippen LogP contribution in [-0.4, -0.2) is 62.7 Å². The van der Waals surface area contributed by atoms with Crippen LogP contribution in [-0.2, 0) is 26.0 Å². The smallest absolute Gasteiger partial charge is 0.244 e. The van der Waals surface area contributed by atoms with E-state index in [1.54, 1.807) is 24.3 Å². The number of ether oxygens (including phenoxy) is 1.